The van der Waals surface area contributed by atoms with Crippen LogP contribution >= 0.6 is 0 Å². The number of carbonyl (C=O) groups excluding carboxylic acids is 4. The predicted molar refractivity (Wildman–Crippen MR) is 47.4 cm³/mol. The van der Waals surface area contributed by atoms with E-state index in [0.717, 1.165) is 0 Å². The summed E-state index contributed by atoms with van der Waals surface area (Å²) in [5.41, 5.74) is 0. The second-order valence-corrected chi connectivity index (χ2v) is 2.62. The molecule has 0 spiro atoms. The van der Waals surface area contributed by atoms with Gasteiger partial charge in [-0.1, -0.05) is 0 Å². The minimum atomic E-state index is -2.33. The first-order valence-corrected chi connectivity index (χ1v) is 4.57. The zero-order valence-corrected chi connectivity index (χ0v) is 13.8. The van der Waals surface area contributed by atoms with Crippen LogP contribution in [0.5, 0.6) is 0 Å². The quantitative estimate of drug-likeness (QED) is 0.299. The number of hydrogen-bond donors (Lipinski definition) is 4. The smallest absolute Gasteiger partial charge is 0.652 e. The molecular formula is C8H10Cr2O14. The first-order chi connectivity index (χ1) is 9.83. The van der Waals surface area contributed by atoms with Crippen molar-refractivity contribution in [1.29, 1.82) is 0 Å². The topological polar surface area (TPSA) is 288 Å². The van der Waals surface area contributed by atoms with Gasteiger partial charge in [0, 0.05) is 0 Å². The van der Waals surface area contributed by atoms with Crippen LogP contribution in [0, 0.1) is 0 Å². The third kappa shape index (κ3) is 71.0. The Morgan fingerprint density at radius 2 is 1.00 bits per heavy atom. The number of aliphatic hydroxyl groups excluding tert-OH is 4. The summed E-state index contributed by atoms with van der Waals surface area (Å²) in [4.78, 5) is 34.8. The van der Waals surface area contributed by atoms with Crippen molar-refractivity contribution in [3.05, 3.63) is 0 Å². The average Bonchev–Trinajstić information content (AvgIpc) is 2.33. The Bertz CT molecular complexity index is 283. The van der Waals surface area contributed by atoms with Crippen LogP contribution in [0.25, 0.3) is 0 Å². The molecule has 3 atom stereocenters. The van der Waals surface area contributed by atoms with E-state index in [1.54, 1.807) is 0 Å². The molecule has 0 saturated heterocycles. The first-order valence-electron chi connectivity index (χ1n) is 4.57. The Hall–Kier alpha value is -1.62. The van der Waals surface area contributed by atoms with E-state index >= 15 is 0 Å². The van der Waals surface area contributed by atoms with Gasteiger partial charge in [0.15, 0.2) is 6.29 Å². The molecule has 138 valence electrons. The van der Waals surface area contributed by atoms with Crippen LogP contribution in [0.15, 0.2) is 0 Å². The number of carbonyl (C=O) groups is 4. The predicted octanol–water partition coefficient (Wildman–Crippen LogP) is -10.1. The summed E-state index contributed by atoms with van der Waals surface area (Å²) < 4.78 is 0. The van der Waals surface area contributed by atoms with Gasteiger partial charge in [0.1, 0.15) is 18.3 Å². The van der Waals surface area contributed by atoms with Crippen molar-refractivity contribution in [1.82, 2.24) is 0 Å². The van der Waals surface area contributed by atoms with Crippen LogP contribution in [0.1, 0.15) is 0 Å². The van der Waals surface area contributed by atoms with Gasteiger partial charge >= 0.3 is 34.7 Å². The van der Waals surface area contributed by atoms with Gasteiger partial charge < -0.3 is 70.2 Å². The molecule has 2 radical (unpaired) electrons. The van der Waals surface area contributed by atoms with Crippen molar-refractivity contribution >= 4 is 24.8 Å². The van der Waals surface area contributed by atoms with Gasteiger partial charge in [-0.3, -0.25) is 0 Å². The third-order valence-corrected chi connectivity index (χ3v) is 1.07. The Morgan fingerprint density at radius 1 is 0.792 bits per heavy atom. The first kappa shape index (κ1) is 38.1. The molecule has 0 aliphatic rings. The largest absolute Gasteiger partial charge is 3.00 e. The van der Waals surface area contributed by atoms with Gasteiger partial charge in [-0.15, -0.1) is 0 Å². The SMILES string of the molecule is O=C([O-])[O-].O=C([O-])[O-].O=C([O-])[O-].O=CC(O)C(O)C(O)CO.[Cr+3].[Cr+3]. The van der Waals surface area contributed by atoms with Crippen molar-refractivity contribution in [2.75, 3.05) is 6.61 Å². The molecule has 0 aromatic rings. The monoisotopic (exact) mass is 434 g/mol. The second-order valence-electron chi connectivity index (χ2n) is 2.62. The summed E-state index contributed by atoms with van der Waals surface area (Å²) in [6.07, 6.45) is -11.6. The van der Waals surface area contributed by atoms with E-state index in [2.05, 4.69) is 0 Å². The molecule has 0 aromatic heterocycles. The number of hydrogen-bond acceptors (Lipinski definition) is 14. The van der Waals surface area contributed by atoms with Crippen LogP contribution in [-0.2, 0) is 39.5 Å². The molecule has 0 aliphatic carbocycles. The maximum Gasteiger partial charge on any atom is 3.00 e. The Labute approximate surface area is 155 Å². The summed E-state index contributed by atoms with van der Waals surface area (Å²) in [6, 6.07) is 0. The summed E-state index contributed by atoms with van der Waals surface area (Å²) >= 11 is 0. The average molecular weight is 434 g/mol. The van der Waals surface area contributed by atoms with E-state index in [1.165, 1.54) is 0 Å². The number of rotatable bonds is 4. The molecular weight excluding hydrogens is 424 g/mol. The molecule has 3 unspecified atom stereocenters. The van der Waals surface area contributed by atoms with Crippen LogP contribution in [0.4, 0.5) is 14.4 Å². The normalized spacial score (nSPS) is 11.2. The van der Waals surface area contributed by atoms with E-state index in [-0.39, 0.29) is 41.0 Å². The minimum absolute atomic E-state index is 0. The van der Waals surface area contributed by atoms with Gasteiger partial charge in [-0.2, -0.15) is 0 Å². The van der Waals surface area contributed by atoms with Gasteiger partial charge in [0.2, 0.25) is 0 Å². The number of carboxylic acid groups (broad SMARTS) is 6. The molecule has 0 bridgehead atoms. The van der Waals surface area contributed by atoms with Crippen molar-refractivity contribution < 1.29 is 105 Å². The molecule has 0 fully saturated rings. The molecule has 14 nitrogen and oxygen atoms in total. The van der Waals surface area contributed by atoms with Crippen molar-refractivity contribution in [2.45, 2.75) is 18.3 Å². The van der Waals surface area contributed by atoms with Crippen molar-refractivity contribution in [3.63, 3.8) is 0 Å². The maximum absolute atomic E-state index is 9.76. The zero-order valence-electron chi connectivity index (χ0n) is 11.2. The van der Waals surface area contributed by atoms with Crippen LogP contribution in [0.2, 0.25) is 0 Å². The van der Waals surface area contributed by atoms with Gasteiger partial charge in [-0.05, 0) is 18.5 Å². The van der Waals surface area contributed by atoms with Gasteiger partial charge in [-0.25, -0.2) is 0 Å². The van der Waals surface area contributed by atoms with E-state index < -0.39 is 43.4 Å². The van der Waals surface area contributed by atoms with Gasteiger partial charge in [0.05, 0.1) is 6.61 Å². The molecule has 24 heavy (non-hydrogen) atoms. The van der Waals surface area contributed by atoms with E-state index in [0.29, 0.717) is 0 Å². The standard InChI is InChI=1S/C5H10O5.3CH2O3.2Cr/c6-1-3(8)5(10)4(9)2-7;3*2-1(3)4;;/h1,3-5,7-10H,2H2;3*(H2,2,3,4);;/q;;;;2*+3/p-6. The summed E-state index contributed by atoms with van der Waals surface area (Å²) in [5.74, 6) is 0. The van der Waals surface area contributed by atoms with Crippen LogP contribution in [0.3, 0.4) is 0 Å². The Kier molecular flexibility index (Phi) is 41.8. The van der Waals surface area contributed by atoms with Crippen LogP contribution in [-0.4, -0.2) is 70.1 Å². The fraction of sp³-hybridized carbons (Fsp3) is 0.500. The molecule has 0 rings (SSSR count). The molecule has 0 saturated carbocycles. The minimum Gasteiger partial charge on any atom is -0.652 e. The summed E-state index contributed by atoms with van der Waals surface area (Å²) in [5, 5.41) is 84.1. The fourth-order valence-electron chi connectivity index (χ4n) is 0.416. The molecule has 4 N–H and O–H groups in total. The Morgan fingerprint density at radius 3 is 1.12 bits per heavy atom. The summed E-state index contributed by atoms with van der Waals surface area (Å²) in [6.45, 7) is -0.688. The third-order valence-electron chi connectivity index (χ3n) is 1.07. The second kappa shape index (κ2) is 26.3. The number of aldehydes is 1. The molecule has 0 aromatic carbocycles. The fourth-order valence-corrected chi connectivity index (χ4v) is 0.416. The number of aliphatic hydroxyl groups is 4. The molecule has 0 heterocycles. The molecule has 0 aliphatic heterocycles. The maximum atomic E-state index is 9.76. The van der Waals surface area contributed by atoms with E-state index in [4.69, 9.17) is 65.4 Å². The van der Waals surface area contributed by atoms with Crippen LogP contribution < -0.4 is 30.6 Å². The summed E-state index contributed by atoms with van der Waals surface area (Å²) in [7, 11) is 0. The molecule has 0 amide bonds. The molecule has 16 heteroatoms. The van der Waals surface area contributed by atoms with Crippen molar-refractivity contribution in [3.8, 4) is 0 Å². The van der Waals surface area contributed by atoms with E-state index in [1.807, 2.05) is 0 Å². The van der Waals surface area contributed by atoms with Gasteiger partial charge in [0.25, 0.3) is 0 Å². The zero-order chi connectivity index (χ0) is 18.9. The van der Waals surface area contributed by atoms with Crippen molar-refractivity contribution in [2.24, 2.45) is 0 Å². The Balaban J connectivity index is -0.0000000492. The van der Waals surface area contributed by atoms with E-state index in [9.17, 15) is 4.79 Å².